The average molecular weight is 228 g/mol. The zero-order chi connectivity index (χ0) is 11.8. The van der Waals surface area contributed by atoms with Crippen molar-refractivity contribution < 1.29 is 5.11 Å². The number of hydrogen-bond acceptors (Lipinski definition) is 3. The van der Waals surface area contributed by atoms with Gasteiger partial charge in [0.2, 0.25) is 0 Å². The molecule has 0 aliphatic heterocycles. The van der Waals surface area contributed by atoms with Gasteiger partial charge >= 0.3 is 0 Å². The second kappa shape index (κ2) is 8.04. The molecule has 3 nitrogen and oxygen atoms in total. The van der Waals surface area contributed by atoms with E-state index in [4.69, 9.17) is 5.73 Å². The first-order chi connectivity index (χ1) is 7.74. The number of aliphatic hydroxyl groups is 1. The Bertz CT molecular complexity index is 167. The third-order valence-corrected chi connectivity index (χ3v) is 3.57. The Morgan fingerprint density at radius 3 is 2.50 bits per heavy atom. The molecule has 1 saturated carbocycles. The van der Waals surface area contributed by atoms with Crippen LogP contribution in [0.4, 0.5) is 0 Å². The van der Waals surface area contributed by atoms with E-state index >= 15 is 0 Å². The number of rotatable bonds is 7. The molecule has 1 rings (SSSR count). The topological polar surface area (TPSA) is 49.5 Å². The van der Waals surface area contributed by atoms with Gasteiger partial charge in [0.15, 0.2) is 0 Å². The van der Waals surface area contributed by atoms with Crippen LogP contribution in [0.2, 0.25) is 0 Å². The van der Waals surface area contributed by atoms with Crippen LogP contribution in [0.5, 0.6) is 0 Å². The monoisotopic (exact) mass is 228 g/mol. The summed E-state index contributed by atoms with van der Waals surface area (Å²) in [5.74, 6) is 0. The van der Waals surface area contributed by atoms with E-state index in [1.165, 1.54) is 32.1 Å². The zero-order valence-corrected chi connectivity index (χ0v) is 10.7. The van der Waals surface area contributed by atoms with Crippen molar-refractivity contribution in [2.75, 3.05) is 19.6 Å². The van der Waals surface area contributed by atoms with Crippen LogP contribution in [0.1, 0.15) is 51.9 Å². The average Bonchev–Trinajstić information content (AvgIpc) is 2.30. The van der Waals surface area contributed by atoms with E-state index in [0.717, 1.165) is 38.5 Å². The molecule has 3 heteroatoms. The van der Waals surface area contributed by atoms with Gasteiger partial charge in [-0.15, -0.1) is 0 Å². The minimum absolute atomic E-state index is 0.177. The Morgan fingerprint density at radius 2 is 1.94 bits per heavy atom. The van der Waals surface area contributed by atoms with Crippen molar-refractivity contribution in [1.29, 1.82) is 0 Å². The smallest absolute Gasteiger partial charge is 0.0524 e. The molecule has 1 fully saturated rings. The predicted molar refractivity (Wildman–Crippen MR) is 68.4 cm³/mol. The van der Waals surface area contributed by atoms with Crippen molar-refractivity contribution in [3.05, 3.63) is 0 Å². The summed E-state index contributed by atoms with van der Waals surface area (Å²) < 4.78 is 0. The summed E-state index contributed by atoms with van der Waals surface area (Å²) >= 11 is 0. The van der Waals surface area contributed by atoms with E-state index < -0.39 is 0 Å². The molecule has 0 heterocycles. The summed E-state index contributed by atoms with van der Waals surface area (Å²) in [6, 6.07) is 0.749. The Hall–Kier alpha value is -0.120. The maximum absolute atomic E-state index is 9.37. The lowest BCUT2D eigenvalue weighted by molar-refractivity contribution is 0.116. The van der Waals surface area contributed by atoms with E-state index in [-0.39, 0.29) is 6.10 Å². The lowest BCUT2D eigenvalue weighted by Gasteiger charge is -2.34. The third kappa shape index (κ3) is 5.28. The summed E-state index contributed by atoms with van der Waals surface area (Å²) in [6.45, 7) is 4.79. The molecule has 96 valence electrons. The highest BCUT2D eigenvalue weighted by Crippen LogP contribution is 2.23. The van der Waals surface area contributed by atoms with Crippen LogP contribution in [0.3, 0.4) is 0 Å². The fourth-order valence-corrected chi connectivity index (χ4v) is 2.57. The largest absolute Gasteiger partial charge is 0.393 e. The van der Waals surface area contributed by atoms with Crippen LogP contribution in [0, 0.1) is 0 Å². The second-order valence-corrected chi connectivity index (χ2v) is 5.11. The van der Waals surface area contributed by atoms with Crippen LogP contribution < -0.4 is 5.73 Å². The minimum Gasteiger partial charge on any atom is -0.393 e. The molecule has 0 radical (unpaired) electrons. The fourth-order valence-electron chi connectivity index (χ4n) is 2.57. The predicted octanol–water partition coefficient (Wildman–Crippen LogP) is 1.74. The summed E-state index contributed by atoms with van der Waals surface area (Å²) in [6.07, 6.45) is 8.62. The van der Waals surface area contributed by atoms with Gasteiger partial charge in [0.05, 0.1) is 6.10 Å². The van der Waals surface area contributed by atoms with Gasteiger partial charge in [0.25, 0.3) is 0 Å². The van der Waals surface area contributed by atoms with Crippen molar-refractivity contribution in [2.24, 2.45) is 5.73 Å². The molecule has 16 heavy (non-hydrogen) atoms. The quantitative estimate of drug-likeness (QED) is 0.698. The number of aliphatic hydroxyl groups excluding tert-OH is 1. The normalized spacial score (nSPS) is 20.2. The van der Waals surface area contributed by atoms with E-state index in [0.29, 0.717) is 0 Å². The highest BCUT2D eigenvalue weighted by Gasteiger charge is 2.20. The second-order valence-electron chi connectivity index (χ2n) is 5.11. The van der Waals surface area contributed by atoms with Crippen molar-refractivity contribution in [1.82, 2.24) is 4.90 Å². The number of nitrogens with two attached hydrogens (primary N) is 1. The molecule has 3 N–H and O–H groups in total. The zero-order valence-electron chi connectivity index (χ0n) is 10.7. The number of hydrogen-bond donors (Lipinski definition) is 2. The SMILES string of the molecule is CC(O)CCN(CCCN)C1CCCCC1. The Balaban J connectivity index is 2.34. The van der Waals surface area contributed by atoms with Gasteiger partial charge in [-0.05, 0) is 45.7 Å². The maximum atomic E-state index is 9.37. The summed E-state index contributed by atoms with van der Waals surface area (Å²) in [5.41, 5.74) is 5.59. The highest BCUT2D eigenvalue weighted by atomic mass is 16.3. The molecule has 0 spiro atoms. The molecule has 0 aromatic heterocycles. The maximum Gasteiger partial charge on any atom is 0.0524 e. The number of nitrogens with zero attached hydrogens (tertiary/aromatic N) is 1. The Labute approximate surface area is 100 Å². The standard InChI is InChI=1S/C13H28N2O/c1-12(16)8-11-15(10-5-9-14)13-6-3-2-4-7-13/h12-13,16H,2-11,14H2,1H3. The van der Waals surface area contributed by atoms with Crippen LogP contribution in [-0.2, 0) is 0 Å². The van der Waals surface area contributed by atoms with Gasteiger partial charge in [-0.25, -0.2) is 0 Å². The van der Waals surface area contributed by atoms with E-state index in [1.807, 2.05) is 6.92 Å². The molecular weight excluding hydrogens is 200 g/mol. The van der Waals surface area contributed by atoms with Gasteiger partial charge < -0.3 is 15.7 Å². The van der Waals surface area contributed by atoms with Gasteiger partial charge in [0.1, 0.15) is 0 Å². The van der Waals surface area contributed by atoms with Crippen molar-refractivity contribution in [2.45, 2.75) is 64.0 Å². The molecule has 0 aromatic rings. The minimum atomic E-state index is -0.177. The van der Waals surface area contributed by atoms with Crippen LogP contribution in [0.25, 0.3) is 0 Å². The molecule has 0 amide bonds. The van der Waals surface area contributed by atoms with Gasteiger partial charge in [-0.1, -0.05) is 19.3 Å². The van der Waals surface area contributed by atoms with Crippen LogP contribution in [0.15, 0.2) is 0 Å². The molecule has 0 saturated heterocycles. The molecule has 0 bridgehead atoms. The lowest BCUT2D eigenvalue weighted by Crippen LogP contribution is -2.39. The fraction of sp³-hybridized carbons (Fsp3) is 1.00. The first kappa shape index (κ1) is 13.9. The third-order valence-electron chi connectivity index (χ3n) is 3.57. The highest BCUT2D eigenvalue weighted by molar-refractivity contribution is 4.76. The molecule has 0 aromatic carbocycles. The van der Waals surface area contributed by atoms with Crippen molar-refractivity contribution in [3.8, 4) is 0 Å². The summed E-state index contributed by atoms with van der Waals surface area (Å²) in [7, 11) is 0. The summed E-state index contributed by atoms with van der Waals surface area (Å²) in [5, 5.41) is 9.37. The molecular formula is C13H28N2O. The van der Waals surface area contributed by atoms with Crippen LogP contribution in [-0.4, -0.2) is 41.8 Å². The van der Waals surface area contributed by atoms with Gasteiger partial charge in [0, 0.05) is 12.6 Å². The van der Waals surface area contributed by atoms with Crippen molar-refractivity contribution in [3.63, 3.8) is 0 Å². The molecule has 1 aliphatic carbocycles. The first-order valence-corrected chi connectivity index (χ1v) is 6.86. The van der Waals surface area contributed by atoms with E-state index in [2.05, 4.69) is 4.90 Å². The van der Waals surface area contributed by atoms with E-state index in [9.17, 15) is 5.11 Å². The lowest BCUT2D eigenvalue weighted by atomic mass is 9.94. The van der Waals surface area contributed by atoms with Crippen LogP contribution >= 0.6 is 0 Å². The Kier molecular flexibility index (Phi) is 7.01. The van der Waals surface area contributed by atoms with Gasteiger partial charge in [-0.3, -0.25) is 0 Å². The van der Waals surface area contributed by atoms with Gasteiger partial charge in [-0.2, -0.15) is 0 Å². The summed E-state index contributed by atoms with van der Waals surface area (Å²) in [4.78, 5) is 2.55. The molecule has 1 unspecified atom stereocenters. The van der Waals surface area contributed by atoms with Crippen molar-refractivity contribution >= 4 is 0 Å². The molecule has 1 atom stereocenters. The first-order valence-electron chi connectivity index (χ1n) is 6.86. The van der Waals surface area contributed by atoms with E-state index in [1.54, 1.807) is 0 Å². The Morgan fingerprint density at radius 1 is 1.25 bits per heavy atom. The molecule has 1 aliphatic rings.